The smallest absolute Gasteiger partial charge is 0.233 e. The van der Waals surface area contributed by atoms with E-state index >= 15 is 0 Å². The third-order valence-corrected chi connectivity index (χ3v) is 7.36. The zero-order valence-electron chi connectivity index (χ0n) is 18.6. The maximum absolute atomic E-state index is 12.8. The van der Waals surface area contributed by atoms with Gasteiger partial charge in [0.25, 0.3) is 0 Å². The predicted octanol–water partition coefficient (Wildman–Crippen LogP) is 3.90. The van der Waals surface area contributed by atoms with Crippen LogP contribution in [0.5, 0.6) is 0 Å². The first-order valence-electron chi connectivity index (χ1n) is 11.1. The number of carbonyl (C=O) groups excluding carboxylic acids is 1. The fourth-order valence-electron chi connectivity index (χ4n) is 4.25. The highest BCUT2D eigenvalue weighted by atomic mass is 35.5. The summed E-state index contributed by atoms with van der Waals surface area (Å²) in [7, 11) is 0. The third kappa shape index (κ3) is 4.75. The van der Waals surface area contributed by atoms with Gasteiger partial charge in [0.15, 0.2) is 5.82 Å². The highest BCUT2D eigenvalue weighted by molar-refractivity contribution is 7.99. The lowest BCUT2D eigenvalue weighted by atomic mass is 10.0. The number of piperazine rings is 1. The molecule has 0 spiro atoms. The second-order valence-electron chi connectivity index (χ2n) is 8.24. The van der Waals surface area contributed by atoms with E-state index in [0.717, 1.165) is 19.6 Å². The first-order chi connectivity index (χ1) is 16.6. The van der Waals surface area contributed by atoms with Crippen LogP contribution in [0.2, 0.25) is 5.02 Å². The minimum Gasteiger partial charge on any atom is -0.339 e. The van der Waals surface area contributed by atoms with Gasteiger partial charge in [-0.25, -0.2) is 4.68 Å². The number of halogens is 1. The van der Waals surface area contributed by atoms with Crippen molar-refractivity contribution in [3.63, 3.8) is 0 Å². The SMILES string of the molecule is Nn1c(SCC(=O)N2CCN(Cc3cccc4ccccc34)CC2)nnc1-c1ccccc1Cl. The van der Waals surface area contributed by atoms with Gasteiger partial charge in [-0.2, -0.15) is 0 Å². The van der Waals surface area contributed by atoms with Crippen molar-refractivity contribution in [3.05, 3.63) is 77.3 Å². The zero-order chi connectivity index (χ0) is 23.5. The van der Waals surface area contributed by atoms with Crippen LogP contribution in [0.3, 0.4) is 0 Å². The second kappa shape index (κ2) is 10.0. The quantitative estimate of drug-likeness (QED) is 0.325. The molecule has 1 fully saturated rings. The molecule has 2 heterocycles. The number of rotatable bonds is 6. The van der Waals surface area contributed by atoms with Gasteiger partial charge >= 0.3 is 0 Å². The van der Waals surface area contributed by atoms with Crippen molar-refractivity contribution in [1.82, 2.24) is 24.7 Å². The summed E-state index contributed by atoms with van der Waals surface area (Å²) in [5.74, 6) is 7.00. The van der Waals surface area contributed by atoms with Gasteiger partial charge < -0.3 is 10.7 Å². The Labute approximate surface area is 207 Å². The summed E-state index contributed by atoms with van der Waals surface area (Å²) in [5.41, 5.74) is 2.03. The molecule has 1 aliphatic heterocycles. The van der Waals surface area contributed by atoms with Gasteiger partial charge in [0.2, 0.25) is 11.1 Å². The molecule has 1 aliphatic rings. The molecule has 7 nitrogen and oxygen atoms in total. The number of hydrogen-bond donors (Lipinski definition) is 1. The number of nitrogens with zero attached hydrogens (tertiary/aromatic N) is 5. The van der Waals surface area contributed by atoms with Crippen LogP contribution >= 0.6 is 23.4 Å². The van der Waals surface area contributed by atoms with E-state index in [2.05, 4.69) is 57.6 Å². The highest BCUT2D eigenvalue weighted by Gasteiger charge is 2.23. The van der Waals surface area contributed by atoms with Crippen molar-refractivity contribution in [1.29, 1.82) is 0 Å². The summed E-state index contributed by atoms with van der Waals surface area (Å²) in [6.07, 6.45) is 0. The number of nitrogen functional groups attached to an aromatic ring is 1. The van der Waals surface area contributed by atoms with Crippen LogP contribution in [0.4, 0.5) is 0 Å². The zero-order valence-corrected chi connectivity index (χ0v) is 20.2. The molecule has 0 aliphatic carbocycles. The van der Waals surface area contributed by atoms with Crippen LogP contribution in [-0.2, 0) is 11.3 Å². The monoisotopic (exact) mass is 492 g/mol. The number of nitrogens with two attached hydrogens (primary N) is 1. The van der Waals surface area contributed by atoms with E-state index in [4.69, 9.17) is 17.4 Å². The van der Waals surface area contributed by atoms with Gasteiger partial charge in [-0.1, -0.05) is 78.0 Å². The summed E-state index contributed by atoms with van der Waals surface area (Å²) in [6.45, 7) is 4.01. The van der Waals surface area contributed by atoms with Crippen molar-refractivity contribution in [2.75, 3.05) is 37.8 Å². The Hall–Kier alpha value is -3.07. The summed E-state index contributed by atoms with van der Waals surface area (Å²) >= 11 is 7.54. The summed E-state index contributed by atoms with van der Waals surface area (Å²) in [4.78, 5) is 17.1. The summed E-state index contributed by atoms with van der Waals surface area (Å²) < 4.78 is 1.39. The molecule has 0 radical (unpaired) electrons. The lowest BCUT2D eigenvalue weighted by Gasteiger charge is -2.35. The van der Waals surface area contributed by atoms with Crippen molar-refractivity contribution in [2.45, 2.75) is 11.7 Å². The molecule has 0 saturated carbocycles. The van der Waals surface area contributed by atoms with E-state index in [1.165, 1.54) is 32.8 Å². The van der Waals surface area contributed by atoms with Gasteiger partial charge in [-0.05, 0) is 28.5 Å². The Morgan fingerprint density at radius 1 is 0.941 bits per heavy atom. The van der Waals surface area contributed by atoms with Gasteiger partial charge in [0.1, 0.15) is 0 Å². The molecule has 1 amide bonds. The van der Waals surface area contributed by atoms with Crippen molar-refractivity contribution in [3.8, 4) is 11.4 Å². The molecule has 174 valence electrons. The van der Waals surface area contributed by atoms with Crippen LogP contribution in [0.1, 0.15) is 5.56 Å². The molecule has 2 N–H and O–H groups in total. The number of thioether (sulfide) groups is 1. The number of amides is 1. The van der Waals surface area contributed by atoms with Crippen LogP contribution in [0.15, 0.2) is 71.9 Å². The molecule has 0 atom stereocenters. The molecule has 5 rings (SSSR count). The maximum Gasteiger partial charge on any atom is 0.233 e. The van der Waals surface area contributed by atoms with E-state index in [1.807, 2.05) is 23.1 Å². The summed E-state index contributed by atoms with van der Waals surface area (Å²) in [6, 6.07) is 22.3. The molecule has 9 heteroatoms. The van der Waals surface area contributed by atoms with Crippen LogP contribution in [-0.4, -0.2) is 62.5 Å². The minimum absolute atomic E-state index is 0.0807. The van der Waals surface area contributed by atoms with Gasteiger partial charge in [-0.15, -0.1) is 10.2 Å². The Bertz CT molecular complexity index is 1310. The minimum atomic E-state index is 0.0807. The molecule has 1 aromatic heterocycles. The average molecular weight is 493 g/mol. The highest BCUT2D eigenvalue weighted by Crippen LogP contribution is 2.28. The topological polar surface area (TPSA) is 80.3 Å². The molecule has 1 saturated heterocycles. The normalized spacial score (nSPS) is 14.6. The molecule has 3 aromatic carbocycles. The Balaban J connectivity index is 1.15. The number of aromatic nitrogens is 3. The Morgan fingerprint density at radius 3 is 2.50 bits per heavy atom. The van der Waals surface area contributed by atoms with E-state index < -0.39 is 0 Å². The fourth-order valence-corrected chi connectivity index (χ4v) is 5.23. The fraction of sp³-hybridized carbons (Fsp3) is 0.240. The molecule has 0 bridgehead atoms. The Kier molecular flexibility index (Phi) is 6.71. The molecule has 4 aromatic rings. The second-order valence-corrected chi connectivity index (χ2v) is 9.59. The Morgan fingerprint density at radius 2 is 1.68 bits per heavy atom. The van der Waals surface area contributed by atoms with E-state index in [-0.39, 0.29) is 11.7 Å². The lowest BCUT2D eigenvalue weighted by Crippen LogP contribution is -2.48. The number of benzene rings is 3. The molecule has 34 heavy (non-hydrogen) atoms. The predicted molar refractivity (Wildman–Crippen MR) is 137 cm³/mol. The van der Waals surface area contributed by atoms with Crippen molar-refractivity contribution >= 4 is 40.0 Å². The first kappa shape index (κ1) is 22.7. The van der Waals surface area contributed by atoms with E-state index in [9.17, 15) is 4.79 Å². The molecular weight excluding hydrogens is 468 g/mol. The van der Waals surface area contributed by atoms with Gasteiger partial charge in [-0.3, -0.25) is 9.69 Å². The average Bonchev–Trinajstić information content (AvgIpc) is 3.23. The summed E-state index contributed by atoms with van der Waals surface area (Å²) in [5, 5.41) is 11.9. The molecule has 0 unspecified atom stereocenters. The van der Waals surface area contributed by atoms with E-state index in [0.29, 0.717) is 34.7 Å². The number of hydrogen-bond acceptors (Lipinski definition) is 6. The largest absolute Gasteiger partial charge is 0.339 e. The number of fused-ring (bicyclic) bond motifs is 1. The molecular formula is C25H25ClN6OS. The van der Waals surface area contributed by atoms with Gasteiger partial charge in [0, 0.05) is 38.3 Å². The van der Waals surface area contributed by atoms with Crippen molar-refractivity contribution in [2.24, 2.45) is 0 Å². The van der Waals surface area contributed by atoms with Gasteiger partial charge in [0.05, 0.1) is 10.8 Å². The van der Waals surface area contributed by atoms with Crippen LogP contribution in [0.25, 0.3) is 22.2 Å². The number of carbonyl (C=O) groups is 1. The van der Waals surface area contributed by atoms with E-state index in [1.54, 1.807) is 6.07 Å². The maximum atomic E-state index is 12.8. The van der Waals surface area contributed by atoms with Crippen LogP contribution < -0.4 is 5.84 Å². The van der Waals surface area contributed by atoms with Crippen molar-refractivity contribution < 1.29 is 4.79 Å². The first-order valence-corrected chi connectivity index (χ1v) is 12.5. The third-order valence-electron chi connectivity index (χ3n) is 6.10. The lowest BCUT2D eigenvalue weighted by molar-refractivity contribution is -0.130. The van der Waals surface area contributed by atoms with Crippen LogP contribution in [0, 0.1) is 0 Å². The standard InChI is InChI=1S/C25H25ClN6OS/c26-22-11-4-3-10-21(22)24-28-29-25(32(24)27)34-17-23(33)31-14-12-30(13-15-31)16-19-8-5-7-18-6-1-2-9-20(18)19/h1-11H,12-17,27H2.